The number of H-pyrrole nitrogens is 1. The normalized spacial score (nSPS) is 21.9. The minimum atomic E-state index is -3.67. The quantitative estimate of drug-likeness (QED) is 0.470. The van der Waals surface area contributed by atoms with Gasteiger partial charge in [0.1, 0.15) is 5.82 Å². The maximum absolute atomic E-state index is 13.5. The van der Waals surface area contributed by atoms with E-state index in [0.29, 0.717) is 44.1 Å². The van der Waals surface area contributed by atoms with Gasteiger partial charge in [0.15, 0.2) is 5.82 Å². The first kappa shape index (κ1) is 27.8. The molecule has 1 amide bonds. The van der Waals surface area contributed by atoms with Crippen LogP contribution in [0.3, 0.4) is 0 Å². The van der Waals surface area contributed by atoms with Crippen molar-refractivity contribution in [2.45, 2.75) is 13.2 Å². The maximum Gasteiger partial charge on any atom is 0.261 e. The molecule has 13 heteroatoms. The Morgan fingerprint density at radius 1 is 1.08 bits per heavy atom. The van der Waals surface area contributed by atoms with Crippen molar-refractivity contribution in [1.82, 2.24) is 19.9 Å². The average molecular weight is 549 g/mol. The maximum atomic E-state index is 13.5. The van der Waals surface area contributed by atoms with E-state index in [9.17, 15) is 17.6 Å². The zero-order chi connectivity index (χ0) is 27.3. The summed E-state index contributed by atoms with van der Waals surface area (Å²) in [5.41, 5.74) is 2.28. The van der Waals surface area contributed by atoms with Gasteiger partial charge in [0, 0.05) is 36.6 Å². The zero-order valence-corrected chi connectivity index (χ0v) is 21.8. The van der Waals surface area contributed by atoms with Crippen molar-refractivity contribution in [2.24, 2.45) is 5.41 Å². The molecule has 0 unspecified atom stereocenters. The van der Waals surface area contributed by atoms with Crippen LogP contribution >= 0.6 is 0 Å². The Hall–Kier alpha value is -3.23. The molecule has 2 saturated heterocycles. The van der Waals surface area contributed by atoms with Gasteiger partial charge < -0.3 is 24.1 Å². The number of imidazole rings is 1. The number of morpholine rings is 1. The fourth-order valence-corrected chi connectivity index (χ4v) is 4.09. The first-order chi connectivity index (χ1) is 18.0. The number of nitrogens with one attached hydrogen (secondary N) is 1. The molecule has 0 atom stereocenters. The summed E-state index contributed by atoms with van der Waals surface area (Å²) in [4.78, 5) is 26.9. The van der Waals surface area contributed by atoms with Crippen LogP contribution in [0.4, 0.5) is 4.39 Å². The van der Waals surface area contributed by atoms with Crippen molar-refractivity contribution in [3.05, 3.63) is 60.4 Å². The Morgan fingerprint density at radius 2 is 1.66 bits per heavy atom. The second-order valence-electron chi connectivity index (χ2n) is 9.24. The van der Waals surface area contributed by atoms with E-state index in [1.807, 2.05) is 19.1 Å². The third-order valence-corrected chi connectivity index (χ3v) is 5.95. The van der Waals surface area contributed by atoms with E-state index >= 15 is 0 Å². The number of aromatic nitrogens is 3. The SMILES string of the molecule is CS(=O)(=O)O.C[C@]1(C(=O)N2CCOCC2)CO[C@H](c2nc(-c3ccc(F)cc3)c(-c3ccncc3)[nH]2)OC1. The molecular weight excluding hydrogens is 519 g/mol. The van der Waals surface area contributed by atoms with Crippen LogP contribution < -0.4 is 0 Å². The summed E-state index contributed by atoms with van der Waals surface area (Å²) in [7, 11) is -3.67. The Labute approximate surface area is 219 Å². The Bertz CT molecular complexity index is 1330. The highest BCUT2D eigenvalue weighted by Gasteiger charge is 2.43. The van der Waals surface area contributed by atoms with Gasteiger partial charge in [-0.25, -0.2) is 9.37 Å². The predicted molar refractivity (Wildman–Crippen MR) is 135 cm³/mol. The molecule has 0 saturated carbocycles. The number of carbonyl (C=O) groups is 1. The third kappa shape index (κ3) is 6.99. The summed E-state index contributed by atoms with van der Waals surface area (Å²) in [6.07, 6.45) is 3.36. The summed E-state index contributed by atoms with van der Waals surface area (Å²) in [5, 5.41) is 0. The minimum Gasteiger partial charge on any atom is -0.378 e. The van der Waals surface area contributed by atoms with Crippen molar-refractivity contribution >= 4 is 16.0 Å². The highest BCUT2D eigenvalue weighted by Crippen LogP contribution is 2.36. The van der Waals surface area contributed by atoms with Crippen LogP contribution in [0.25, 0.3) is 22.5 Å². The van der Waals surface area contributed by atoms with Crippen molar-refractivity contribution in [2.75, 3.05) is 45.8 Å². The van der Waals surface area contributed by atoms with Gasteiger partial charge in [0.25, 0.3) is 10.1 Å². The molecule has 0 radical (unpaired) electrons. The number of ether oxygens (including phenoxy) is 3. The molecule has 0 spiro atoms. The van der Waals surface area contributed by atoms with E-state index < -0.39 is 21.8 Å². The molecule has 2 N–H and O–H groups in total. The Morgan fingerprint density at radius 3 is 2.24 bits per heavy atom. The smallest absolute Gasteiger partial charge is 0.261 e. The second-order valence-corrected chi connectivity index (χ2v) is 10.7. The molecule has 5 rings (SSSR count). The summed E-state index contributed by atoms with van der Waals surface area (Å²) in [6, 6.07) is 9.89. The minimum absolute atomic E-state index is 0.00757. The molecule has 2 fully saturated rings. The van der Waals surface area contributed by atoms with Gasteiger partial charge in [-0.3, -0.25) is 14.3 Å². The van der Waals surface area contributed by atoms with Crippen LogP contribution in [-0.4, -0.2) is 84.5 Å². The van der Waals surface area contributed by atoms with E-state index in [0.717, 1.165) is 16.8 Å². The van der Waals surface area contributed by atoms with Gasteiger partial charge in [-0.15, -0.1) is 0 Å². The number of pyridine rings is 1. The molecule has 2 aliphatic heterocycles. The summed E-state index contributed by atoms with van der Waals surface area (Å²) >= 11 is 0. The molecule has 3 aromatic rings. The lowest BCUT2D eigenvalue weighted by atomic mass is 9.90. The number of carbonyl (C=O) groups excluding carboxylic acids is 1. The molecular formula is C25H29FN4O7S. The van der Waals surface area contributed by atoms with Gasteiger partial charge >= 0.3 is 0 Å². The molecule has 2 aliphatic rings. The largest absolute Gasteiger partial charge is 0.378 e. The van der Waals surface area contributed by atoms with E-state index in [2.05, 4.69) is 9.97 Å². The summed E-state index contributed by atoms with van der Waals surface area (Å²) in [5.74, 6) is 0.179. The lowest BCUT2D eigenvalue weighted by Gasteiger charge is -2.39. The topological polar surface area (TPSA) is 144 Å². The van der Waals surface area contributed by atoms with E-state index in [-0.39, 0.29) is 24.9 Å². The number of nitrogens with zero attached hydrogens (tertiary/aromatic N) is 3. The van der Waals surface area contributed by atoms with Crippen LogP contribution in [0, 0.1) is 11.2 Å². The zero-order valence-electron chi connectivity index (χ0n) is 21.0. The lowest BCUT2D eigenvalue weighted by Crippen LogP contribution is -2.53. The number of halogens is 1. The summed E-state index contributed by atoms with van der Waals surface area (Å²) in [6.45, 7) is 4.52. The molecule has 0 bridgehead atoms. The van der Waals surface area contributed by atoms with Crippen LogP contribution in [0.1, 0.15) is 19.0 Å². The average Bonchev–Trinajstić information content (AvgIpc) is 3.35. The van der Waals surface area contributed by atoms with Crippen molar-refractivity contribution in [3.63, 3.8) is 0 Å². The van der Waals surface area contributed by atoms with Crippen LogP contribution in [0.5, 0.6) is 0 Å². The van der Waals surface area contributed by atoms with Crippen LogP contribution in [0.2, 0.25) is 0 Å². The molecule has 204 valence electrons. The van der Waals surface area contributed by atoms with E-state index in [1.54, 1.807) is 29.4 Å². The number of aromatic amines is 1. The Kier molecular flexibility index (Phi) is 8.53. The van der Waals surface area contributed by atoms with Gasteiger partial charge in [-0.05, 0) is 43.3 Å². The van der Waals surface area contributed by atoms with E-state index in [1.165, 1.54) is 12.1 Å². The molecule has 0 aliphatic carbocycles. The molecule has 2 aromatic heterocycles. The second kappa shape index (κ2) is 11.7. The van der Waals surface area contributed by atoms with Crippen molar-refractivity contribution in [3.8, 4) is 22.5 Å². The predicted octanol–water partition coefficient (Wildman–Crippen LogP) is 2.69. The monoisotopic (exact) mass is 548 g/mol. The first-order valence-corrected chi connectivity index (χ1v) is 13.7. The Balaban J connectivity index is 0.000000617. The number of amides is 1. The number of hydrogen-bond donors (Lipinski definition) is 2. The fourth-order valence-electron chi connectivity index (χ4n) is 4.09. The molecule has 1 aromatic carbocycles. The molecule has 38 heavy (non-hydrogen) atoms. The molecule has 4 heterocycles. The lowest BCUT2D eigenvalue weighted by molar-refractivity contribution is -0.235. The first-order valence-electron chi connectivity index (χ1n) is 11.8. The van der Waals surface area contributed by atoms with Gasteiger partial charge in [0.2, 0.25) is 12.2 Å². The standard InChI is InChI=1S/C24H25FN4O4.CH4O3S/c1-24(23(30)29-10-12-31-13-11-29)14-32-22(33-15-24)21-27-19(16-2-4-18(25)5-3-16)20(28-21)17-6-8-26-9-7-17;1-5(2,3)4/h2-9,22H,10-15H2,1H3,(H,27,28);1H3,(H,2,3,4)/t22-,24-;. The van der Waals surface area contributed by atoms with Crippen LogP contribution in [-0.2, 0) is 29.1 Å². The number of hydrogen-bond acceptors (Lipinski definition) is 8. The summed E-state index contributed by atoms with van der Waals surface area (Å²) < 4.78 is 56.7. The third-order valence-electron chi connectivity index (χ3n) is 5.95. The highest BCUT2D eigenvalue weighted by atomic mass is 32.2. The highest BCUT2D eigenvalue weighted by molar-refractivity contribution is 7.85. The van der Waals surface area contributed by atoms with Gasteiger partial charge in [-0.1, -0.05) is 0 Å². The van der Waals surface area contributed by atoms with Gasteiger partial charge in [-0.2, -0.15) is 8.42 Å². The van der Waals surface area contributed by atoms with Crippen molar-refractivity contribution in [1.29, 1.82) is 0 Å². The van der Waals surface area contributed by atoms with E-state index in [4.69, 9.17) is 23.7 Å². The van der Waals surface area contributed by atoms with Gasteiger partial charge in [0.05, 0.1) is 49.5 Å². The fraction of sp³-hybridized carbons (Fsp3) is 0.400. The van der Waals surface area contributed by atoms with Crippen molar-refractivity contribution < 1.29 is 36.4 Å². The van der Waals surface area contributed by atoms with Crippen LogP contribution in [0.15, 0.2) is 48.8 Å². The molecule has 11 nitrogen and oxygen atoms in total. The number of rotatable bonds is 4. The number of benzene rings is 1.